The van der Waals surface area contributed by atoms with E-state index in [1.807, 2.05) is 24.3 Å². The van der Waals surface area contributed by atoms with Crippen LogP contribution in [0.2, 0.25) is 0 Å². The summed E-state index contributed by atoms with van der Waals surface area (Å²) in [4.78, 5) is 22.4. The molecule has 0 amide bonds. The van der Waals surface area contributed by atoms with Gasteiger partial charge in [-0.25, -0.2) is 14.4 Å². The van der Waals surface area contributed by atoms with Crippen LogP contribution in [0.25, 0.3) is 10.2 Å². The molecule has 2 atom stereocenters. The van der Waals surface area contributed by atoms with Crippen molar-refractivity contribution >= 4 is 38.4 Å². The maximum absolute atomic E-state index is 13.5. The maximum atomic E-state index is 13.5. The maximum Gasteiger partial charge on any atom is 0.202 e. The number of aliphatic imine (C=N–C) groups is 1. The van der Waals surface area contributed by atoms with Gasteiger partial charge in [0.2, 0.25) is 5.96 Å². The molecule has 2 heterocycles. The van der Waals surface area contributed by atoms with Crippen molar-refractivity contribution in [3.05, 3.63) is 71.7 Å². The fourth-order valence-electron chi connectivity index (χ4n) is 4.15. The number of anilines is 1. The number of fused-ring (bicyclic) bond motifs is 2. The van der Waals surface area contributed by atoms with Crippen LogP contribution >= 0.6 is 11.3 Å². The Hall–Kier alpha value is -3.06. The molecular weight excluding hydrogens is 399 g/mol. The Labute approximate surface area is 177 Å². The van der Waals surface area contributed by atoms with Crippen LogP contribution in [-0.2, 0) is 4.79 Å². The normalized spacial score (nSPS) is 22.7. The first-order valence-electron chi connectivity index (χ1n) is 9.86. The molecule has 0 radical (unpaired) electrons. The van der Waals surface area contributed by atoms with Gasteiger partial charge in [0.1, 0.15) is 11.6 Å². The lowest BCUT2D eigenvalue weighted by Crippen LogP contribution is -2.45. The van der Waals surface area contributed by atoms with Crippen LogP contribution in [0.3, 0.4) is 0 Å². The lowest BCUT2D eigenvalue weighted by Gasteiger charge is -2.38. The quantitative estimate of drug-likeness (QED) is 0.609. The number of hydrogen-bond acceptors (Lipinski definition) is 6. The first kappa shape index (κ1) is 18.9. The highest BCUT2D eigenvalue weighted by Crippen LogP contribution is 2.42. The van der Waals surface area contributed by atoms with E-state index in [9.17, 15) is 9.18 Å². The standard InChI is InChI=1S/C23H21FN4OS/c1-23(2)11-16-19(17(29)12-23)20(13-7-9-14(24)10-8-13)27-21(25-16)28-22-26-15-5-3-4-6-18(15)30-22/h3-11,19-20H,12H2,1-2H3,(H2,25,26,27,28)/t19-,20-/m1/s1. The Bertz CT molecular complexity index is 1160. The molecule has 2 aromatic carbocycles. The van der Waals surface area contributed by atoms with E-state index >= 15 is 0 Å². The van der Waals surface area contributed by atoms with Gasteiger partial charge in [-0.15, -0.1) is 0 Å². The van der Waals surface area contributed by atoms with Crippen molar-refractivity contribution in [3.8, 4) is 0 Å². The Kier molecular flexibility index (Phi) is 4.43. The SMILES string of the molecule is CC1(C)C=C2NC(Nc3nc4ccccc4s3)=N[C@H](c3ccc(F)cc3)[C@H]2C(=O)C1. The number of guanidine groups is 1. The predicted octanol–water partition coefficient (Wildman–Crippen LogP) is 5.05. The second kappa shape index (κ2) is 7.02. The monoisotopic (exact) mass is 420 g/mol. The van der Waals surface area contributed by atoms with E-state index in [2.05, 4.69) is 35.5 Å². The molecule has 3 aromatic rings. The summed E-state index contributed by atoms with van der Waals surface area (Å²) in [5.74, 6) is -0.0285. The van der Waals surface area contributed by atoms with Crippen molar-refractivity contribution in [2.24, 2.45) is 16.3 Å². The first-order chi connectivity index (χ1) is 14.4. The van der Waals surface area contributed by atoms with Crippen LogP contribution < -0.4 is 10.6 Å². The summed E-state index contributed by atoms with van der Waals surface area (Å²) in [5, 5.41) is 7.32. The molecule has 0 spiro atoms. The highest BCUT2D eigenvalue weighted by Gasteiger charge is 2.42. The number of rotatable bonds is 2. The van der Waals surface area contributed by atoms with Crippen LogP contribution in [-0.4, -0.2) is 16.7 Å². The van der Waals surface area contributed by atoms with Crippen LogP contribution in [0.4, 0.5) is 9.52 Å². The molecule has 30 heavy (non-hydrogen) atoms. The van der Waals surface area contributed by atoms with Gasteiger partial charge in [-0.2, -0.15) is 0 Å². The number of nitrogens with one attached hydrogen (secondary N) is 2. The number of aromatic nitrogens is 1. The third-order valence-electron chi connectivity index (χ3n) is 5.44. The number of allylic oxidation sites excluding steroid dienone is 1. The molecule has 152 valence electrons. The smallest absolute Gasteiger partial charge is 0.202 e. The molecule has 2 N–H and O–H groups in total. The summed E-state index contributed by atoms with van der Waals surface area (Å²) < 4.78 is 14.6. The molecule has 7 heteroatoms. The second-order valence-corrected chi connectivity index (χ2v) is 9.45. The van der Waals surface area contributed by atoms with Gasteiger partial charge in [-0.1, -0.05) is 55.5 Å². The number of carbonyl (C=O) groups is 1. The van der Waals surface area contributed by atoms with Gasteiger partial charge in [0.25, 0.3) is 0 Å². The number of thiazole rings is 1. The molecule has 1 aromatic heterocycles. The summed E-state index contributed by atoms with van der Waals surface area (Å²) in [6.07, 6.45) is 2.57. The van der Waals surface area contributed by atoms with Crippen LogP contribution in [0.15, 0.2) is 65.3 Å². The van der Waals surface area contributed by atoms with Gasteiger partial charge in [0, 0.05) is 12.1 Å². The topological polar surface area (TPSA) is 66.4 Å². The van der Waals surface area contributed by atoms with Gasteiger partial charge in [-0.3, -0.25) is 4.79 Å². The van der Waals surface area contributed by atoms with Crippen LogP contribution in [0.5, 0.6) is 0 Å². The van der Waals surface area contributed by atoms with E-state index in [-0.39, 0.29) is 17.0 Å². The molecule has 1 aliphatic carbocycles. The number of benzene rings is 2. The number of carbonyl (C=O) groups excluding carboxylic acids is 1. The van der Waals surface area contributed by atoms with Crippen molar-refractivity contribution in [2.75, 3.05) is 5.32 Å². The van der Waals surface area contributed by atoms with E-state index in [0.29, 0.717) is 12.4 Å². The van der Waals surface area contributed by atoms with Crippen LogP contribution in [0.1, 0.15) is 31.9 Å². The van der Waals surface area contributed by atoms with Crippen molar-refractivity contribution in [2.45, 2.75) is 26.3 Å². The molecular formula is C23H21FN4OS. The zero-order chi connectivity index (χ0) is 20.9. The van der Waals surface area contributed by atoms with Gasteiger partial charge in [0.05, 0.1) is 22.2 Å². The Morgan fingerprint density at radius 3 is 2.70 bits per heavy atom. The fraction of sp³-hybridized carbons (Fsp3) is 0.261. The molecule has 0 saturated carbocycles. The Morgan fingerprint density at radius 1 is 1.17 bits per heavy atom. The number of ketones is 1. The zero-order valence-corrected chi connectivity index (χ0v) is 17.5. The summed E-state index contributed by atoms with van der Waals surface area (Å²) in [6, 6.07) is 13.7. The van der Waals surface area contributed by atoms with Crippen molar-refractivity contribution < 1.29 is 9.18 Å². The molecule has 5 nitrogen and oxygen atoms in total. The average molecular weight is 421 g/mol. The lowest BCUT2D eigenvalue weighted by atomic mass is 9.72. The molecule has 0 saturated heterocycles. The molecule has 5 rings (SSSR count). The Balaban J connectivity index is 1.55. The van der Waals surface area contributed by atoms with Gasteiger partial charge in [0.15, 0.2) is 5.13 Å². The van der Waals surface area contributed by atoms with Gasteiger partial charge >= 0.3 is 0 Å². The number of halogens is 1. The molecule has 0 fully saturated rings. The van der Waals surface area contributed by atoms with Crippen molar-refractivity contribution in [3.63, 3.8) is 0 Å². The summed E-state index contributed by atoms with van der Waals surface area (Å²) in [6.45, 7) is 4.10. The molecule has 0 bridgehead atoms. The van der Waals surface area contributed by atoms with E-state index in [0.717, 1.165) is 26.6 Å². The minimum Gasteiger partial charge on any atom is -0.329 e. The van der Waals surface area contributed by atoms with Crippen molar-refractivity contribution in [1.82, 2.24) is 10.3 Å². The minimum absolute atomic E-state index is 0.141. The largest absolute Gasteiger partial charge is 0.329 e. The summed E-state index contributed by atoms with van der Waals surface area (Å²) in [7, 11) is 0. The lowest BCUT2D eigenvalue weighted by molar-refractivity contribution is -0.124. The van der Waals surface area contributed by atoms with E-state index in [1.165, 1.54) is 12.1 Å². The van der Waals surface area contributed by atoms with Crippen LogP contribution in [0, 0.1) is 17.2 Å². The number of Topliss-reactive ketones (excluding diaryl/α,β-unsaturated/α-hetero) is 1. The predicted molar refractivity (Wildman–Crippen MR) is 118 cm³/mol. The minimum atomic E-state index is -0.418. The highest BCUT2D eigenvalue weighted by molar-refractivity contribution is 7.22. The third kappa shape index (κ3) is 3.50. The first-order valence-corrected chi connectivity index (χ1v) is 10.7. The van der Waals surface area contributed by atoms with Gasteiger partial charge < -0.3 is 10.6 Å². The molecule has 1 aliphatic heterocycles. The fourth-order valence-corrected chi connectivity index (χ4v) is 5.02. The average Bonchev–Trinajstić information content (AvgIpc) is 3.09. The third-order valence-corrected chi connectivity index (χ3v) is 6.39. The van der Waals surface area contributed by atoms with E-state index in [4.69, 9.17) is 4.99 Å². The number of nitrogens with zero attached hydrogens (tertiary/aromatic N) is 2. The second-order valence-electron chi connectivity index (χ2n) is 8.42. The Morgan fingerprint density at radius 2 is 1.93 bits per heavy atom. The number of para-hydroxylation sites is 1. The van der Waals surface area contributed by atoms with Crippen molar-refractivity contribution in [1.29, 1.82) is 0 Å². The van der Waals surface area contributed by atoms with E-state index in [1.54, 1.807) is 23.5 Å². The summed E-state index contributed by atoms with van der Waals surface area (Å²) in [5.41, 5.74) is 2.33. The highest BCUT2D eigenvalue weighted by atomic mass is 32.1. The van der Waals surface area contributed by atoms with Gasteiger partial charge in [-0.05, 0) is 35.2 Å². The zero-order valence-electron chi connectivity index (χ0n) is 16.6. The number of hydrogen-bond donors (Lipinski definition) is 2. The molecule has 0 unspecified atom stereocenters. The summed E-state index contributed by atoms with van der Waals surface area (Å²) >= 11 is 1.54. The molecule has 2 aliphatic rings. The van der Waals surface area contributed by atoms with E-state index < -0.39 is 12.0 Å².